The molecule has 0 amide bonds. The van der Waals surface area contributed by atoms with Crippen molar-refractivity contribution >= 4 is 23.9 Å². The molecule has 0 aromatic carbocycles. The molecule has 158 valence electrons. The van der Waals surface area contributed by atoms with Crippen LogP contribution in [0.2, 0.25) is 0 Å². The first-order valence-corrected chi connectivity index (χ1v) is 6.42. The number of hydrogen-bond acceptors (Lipinski definition) is 6. The SMILES string of the molecule is CC(CN(CC(=O)O)CC(=O)O)CN(CC(=O)O)CC(=O)O.[CH3-].[CH3-].[Pt+2].[Pt+2]. The summed E-state index contributed by atoms with van der Waals surface area (Å²) in [6.45, 7) is -0.0118. The van der Waals surface area contributed by atoms with Gasteiger partial charge in [-0.05, 0) is 5.92 Å². The molecule has 12 heteroatoms. The van der Waals surface area contributed by atoms with Crippen LogP contribution in [-0.4, -0.2) is 93.4 Å². The van der Waals surface area contributed by atoms with Gasteiger partial charge in [0.2, 0.25) is 0 Å². The summed E-state index contributed by atoms with van der Waals surface area (Å²) in [6, 6.07) is 0. The van der Waals surface area contributed by atoms with Gasteiger partial charge in [0.25, 0.3) is 0 Å². The van der Waals surface area contributed by atoms with Crippen molar-refractivity contribution < 1.29 is 81.7 Å². The van der Waals surface area contributed by atoms with Gasteiger partial charge in [-0.1, -0.05) is 6.92 Å². The van der Waals surface area contributed by atoms with Gasteiger partial charge < -0.3 is 35.3 Å². The quantitative estimate of drug-likeness (QED) is 0.192. The van der Waals surface area contributed by atoms with E-state index in [1.807, 2.05) is 0 Å². The smallest absolute Gasteiger partial charge is 0.480 e. The predicted octanol–water partition coefficient (Wildman–Crippen LogP) is -0.540. The summed E-state index contributed by atoms with van der Waals surface area (Å²) in [4.78, 5) is 45.1. The molecule has 0 saturated carbocycles. The topological polar surface area (TPSA) is 156 Å². The fourth-order valence-corrected chi connectivity index (χ4v) is 2.07. The molecule has 0 spiro atoms. The summed E-state index contributed by atoms with van der Waals surface area (Å²) in [5, 5.41) is 34.9. The maximum atomic E-state index is 10.7. The molecular formula is C14H26N2O8Pt2+2. The van der Waals surface area contributed by atoms with Crippen molar-refractivity contribution in [2.75, 3.05) is 39.3 Å². The van der Waals surface area contributed by atoms with Gasteiger partial charge in [0.15, 0.2) is 0 Å². The van der Waals surface area contributed by atoms with Gasteiger partial charge in [0.1, 0.15) is 0 Å². The standard InChI is InChI=1S/C12H20N2O8.2CH3.2Pt/c1-8(2-13(4-9(15)16)5-10(17)18)3-14(6-11(19)20)7-12(21)22;;;;/h8H,2-7H2,1H3,(H,15,16)(H,17,18)(H,19,20)(H,21,22);2*1H3;;/q;2*-1;2*+2. The van der Waals surface area contributed by atoms with Gasteiger partial charge in [-0.3, -0.25) is 29.0 Å². The van der Waals surface area contributed by atoms with E-state index < -0.39 is 50.1 Å². The molecule has 0 heterocycles. The van der Waals surface area contributed by atoms with Crippen molar-refractivity contribution in [2.45, 2.75) is 6.92 Å². The van der Waals surface area contributed by atoms with Gasteiger partial charge in [0, 0.05) is 13.1 Å². The zero-order valence-corrected chi connectivity index (χ0v) is 19.3. The Kier molecular flexibility index (Phi) is 26.4. The molecule has 0 unspecified atom stereocenters. The molecule has 0 aromatic rings. The van der Waals surface area contributed by atoms with E-state index >= 15 is 0 Å². The van der Waals surface area contributed by atoms with Crippen LogP contribution in [0, 0.1) is 20.8 Å². The summed E-state index contributed by atoms with van der Waals surface area (Å²) in [5.74, 6) is -5.03. The molecule has 0 aliphatic carbocycles. The third kappa shape index (κ3) is 21.2. The summed E-state index contributed by atoms with van der Waals surface area (Å²) in [6.07, 6.45) is 0. The zero-order chi connectivity index (χ0) is 17.3. The average Bonchev–Trinajstić information content (AvgIpc) is 2.23. The van der Waals surface area contributed by atoms with Crippen LogP contribution in [0.15, 0.2) is 0 Å². The van der Waals surface area contributed by atoms with E-state index in [2.05, 4.69) is 0 Å². The Morgan fingerprint density at radius 3 is 1.00 bits per heavy atom. The number of carbonyl (C=O) groups is 4. The molecule has 26 heavy (non-hydrogen) atoms. The fraction of sp³-hybridized carbons (Fsp3) is 0.571. The Labute approximate surface area is 182 Å². The molecule has 4 N–H and O–H groups in total. The van der Waals surface area contributed by atoms with E-state index in [0.29, 0.717) is 0 Å². The number of carboxylic acid groups (broad SMARTS) is 4. The Morgan fingerprint density at radius 2 is 0.846 bits per heavy atom. The van der Waals surface area contributed by atoms with Crippen LogP contribution in [-0.2, 0) is 61.3 Å². The van der Waals surface area contributed by atoms with Gasteiger partial charge in [-0.2, -0.15) is 0 Å². The van der Waals surface area contributed by atoms with Crippen molar-refractivity contribution in [3.63, 3.8) is 0 Å². The average molecular weight is 741 g/mol. The van der Waals surface area contributed by atoms with E-state index in [1.54, 1.807) is 6.92 Å². The molecule has 0 radical (unpaired) electrons. The number of carboxylic acids is 4. The monoisotopic (exact) mass is 740 g/mol. The van der Waals surface area contributed by atoms with E-state index in [1.165, 1.54) is 9.80 Å². The van der Waals surface area contributed by atoms with E-state index in [-0.39, 0.29) is 76.0 Å². The van der Waals surface area contributed by atoms with Crippen molar-refractivity contribution in [1.82, 2.24) is 9.80 Å². The van der Waals surface area contributed by atoms with Crippen molar-refractivity contribution in [3.05, 3.63) is 14.9 Å². The van der Waals surface area contributed by atoms with Crippen molar-refractivity contribution in [2.24, 2.45) is 5.92 Å². The third-order valence-corrected chi connectivity index (χ3v) is 2.58. The van der Waals surface area contributed by atoms with E-state index in [9.17, 15) is 19.2 Å². The first-order valence-electron chi connectivity index (χ1n) is 6.42. The predicted molar refractivity (Wildman–Crippen MR) is 85.4 cm³/mol. The van der Waals surface area contributed by atoms with Gasteiger partial charge in [-0.15, -0.1) is 0 Å². The summed E-state index contributed by atoms with van der Waals surface area (Å²) >= 11 is 0. The normalized spacial score (nSPS) is 9.38. The second-order valence-electron chi connectivity index (χ2n) is 5.02. The zero-order valence-electron chi connectivity index (χ0n) is 14.8. The Balaban J connectivity index is -0.000000367. The first kappa shape index (κ1) is 36.1. The largest absolute Gasteiger partial charge is 2.00 e. The van der Waals surface area contributed by atoms with Crippen molar-refractivity contribution in [3.8, 4) is 0 Å². The Bertz CT molecular complexity index is 367. The minimum atomic E-state index is -1.18. The maximum Gasteiger partial charge on any atom is 2.00 e. The minimum absolute atomic E-state index is 0. The van der Waals surface area contributed by atoms with Crippen LogP contribution in [0.25, 0.3) is 0 Å². The molecule has 0 atom stereocenters. The second kappa shape index (κ2) is 19.0. The number of nitrogens with zero attached hydrogens (tertiary/aromatic N) is 2. The van der Waals surface area contributed by atoms with Crippen LogP contribution in [0.5, 0.6) is 0 Å². The molecule has 0 rings (SSSR count). The summed E-state index contributed by atoms with van der Waals surface area (Å²) in [5.41, 5.74) is 0. The van der Waals surface area contributed by atoms with E-state index in [0.717, 1.165) is 0 Å². The van der Waals surface area contributed by atoms with Crippen LogP contribution >= 0.6 is 0 Å². The summed E-state index contributed by atoms with van der Waals surface area (Å²) < 4.78 is 0. The Morgan fingerprint density at radius 1 is 0.654 bits per heavy atom. The molecule has 0 aliphatic heterocycles. The second-order valence-corrected chi connectivity index (χ2v) is 5.02. The number of aliphatic carboxylic acids is 4. The maximum absolute atomic E-state index is 10.7. The van der Waals surface area contributed by atoms with Gasteiger partial charge in [-0.25, -0.2) is 0 Å². The fourth-order valence-electron chi connectivity index (χ4n) is 2.07. The van der Waals surface area contributed by atoms with Crippen LogP contribution in [0.3, 0.4) is 0 Å². The molecule has 0 saturated heterocycles. The summed E-state index contributed by atoms with van der Waals surface area (Å²) in [7, 11) is 0. The molecule has 0 bridgehead atoms. The van der Waals surface area contributed by atoms with Crippen LogP contribution < -0.4 is 0 Å². The molecule has 0 aromatic heterocycles. The third-order valence-electron chi connectivity index (χ3n) is 2.58. The van der Waals surface area contributed by atoms with Crippen molar-refractivity contribution in [1.29, 1.82) is 0 Å². The van der Waals surface area contributed by atoms with Crippen LogP contribution in [0.1, 0.15) is 6.92 Å². The molecule has 10 nitrogen and oxygen atoms in total. The Hall–Kier alpha value is -0.823. The van der Waals surface area contributed by atoms with Gasteiger partial charge >= 0.3 is 66.0 Å². The first-order chi connectivity index (χ1) is 10.1. The van der Waals surface area contributed by atoms with Crippen LogP contribution in [0.4, 0.5) is 0 Å². The minimum Gasteiger partial charge on any atom is -0.480 e. The number of rotatable bonds is 12. The number of hydrogen-bond donors (Lipinski definition) is 4. The van der Waals surface area contributed by atoms with E-state index in [4.69, 9.17) is 20.4 Å². The molecular weight excluding hydrogens is 714 g/mol. The molecule has 0 aliphatic rings. The van der Waals surface area contributed by atoms with Gasteiger partial charge in [0.05, 0.1) is 26.2 Å². The molecule has 0 fully saturated rings.